The van der Waals surface area contributed by atoms with Crippen molar-refractivity contribution in [2.24, 2.45) is 0 Å². The van der Waals surface area contributed by atoms with E-state index >= 15 is 0 Å². The third-order valence-corrected chi connectivity index (χ3v) is 7.51. The van der Waals surface area contributed by atoms with Crippen molar-refractivity contribution in [3.05, 3.63) is 86.2 Å². The van der Waals surface area contributed by atoms with Crippen molar-refractivity contribution in [1.29, 1.82) is 0 Å². The summed E-state index contributed by atoms with van der Waals surface area (Å²) >= 11 is 0. The number of amides is 2. The fourth-order valence-electron chi connectivity index (χ4n) is 5.33. The average Bonchev–Trinajstić information content (AvgIpc) is 3.62. The average molecular weight is 592 g/mol. The van der Waals surface area contributed by atoms with Gasteiger partial charge in [0.2, 0.25) is 5.91 Å². The van der Waals surface area contributed by atoms with Gasteiger partial charge in [-0.05, 0) is 49.1 Å². The Morgan fingerprint density at radius 3 is 2.67 bits per heavy atom. The van der Waals surface area contributed by atoms with Gasteiger partial charge in [-0.1, -0.05) is 19.1 Å². The van der Waals surface area contributed by atoms with Crippen molar-refractivity contribution in [2.75, 3.05) is 31.6 Å². The van der Waals surface area contributed by atoms with Crippen molar-refractivity contribution in [3.63, 3.8) is 0 Å². The van der Waals surface area contributed by atoms with Crippen LogP contribution in [0.4, 0.5) is 10.2 Å². The number of anilines is 1. The number of carbonyl (C=O) groups is 2. The normalized spacial score (nSPS) is 14.0. The lowest BCUT2D eigenvalue weighted by atomic mass is 10.1. The molecular weight excluding hydrogens is 557 g/mol. The number of aryl methyl sites for hydroxylation is 1. The molecule has 1 atom stereocenters. The topological polar surface area (TPSA) is 146 Å². The quantitative estimate of drug-likeness (QED) is 0.258. The second-order valence-corrected chi connectivity index (χ2v) is 10.5. The molecule has 2 N–H and O–H groups in total. The highest BCUT2D eigenvalue weighted by Crippen LogP contribution is 2.24. The van der Waals surface area contributed by atoms with E-state index in [2.05, 4.69) is 19.9 Å². The van der Waals surface area contributed by atoms with Crippen molar-refractivity contribution >= 4 is 28.8 Å². The first-order chi connectivity index (χ1) is 20.8. The Labute approximate surface area is 246 Å². The van der Waals surface area contributed by atoms with Gasteiger partial charge in [0.15, 0.2) is 5.65 Å². The number of imidazole rings is 1. The maximum Gasteiger partial charge on any atom is 0.330 e. The van der Waals surface area contributed by atoms with Crippen LogP contribution in [-0.2, 0) is 22.5 Å². The number of nitrogens with zero attached hydrogens (tertiary/aromatic N) is 5. The molecule has 12 nitrogen and oxygen atoms in total. The lowest BCUT2D eigenvalue weighted by molar-refractivity contribution is -0.127. The number of rotatable bonds is 12. The molecule has 226 valence electrons. The second-order valence-electron chi connectivity index (χ2n) is 10.5. The van der Waals surface area contributed by atoms with Crippen LogP contribution in [0.25, 0.3) is 11.2 Å². The van der Waals surface area contributed by atoms with Crippen LogP contribution in [0.1, 0.15) is 60.5 Å². The number of carbonyl (C=O) groups excluding carboxylic acids is 2. The van der Waals surface area contributed by atoms with Gasteiger partial charge in [0.05, 0.1) is 6.10 Å². The highest BCUT2D eigenvalue weighted by Gasteiger charge is 2.24. The SMILES string of the molecule is CCCn1c(=O)[nH]c(=O)c2[nH]c(C[C@H](OC)c3ccc(N(CCCN4CCCC4=O)C(=O)c4cccc(F)c4)nc3)nc21. The van der Waals surface area contributed by atoms with Gasteiger partial charge in [0.1, 0.15) is 23.0 Å². The molecule has 1 aliphatic heterocycles. The fourth-order valence-corrected chi connectivity index (χ4v) is 5.33. The zero-order valence-corrected chi connectivity index (χ0v) is 24.1. The number of pyridine rings is 1. The van der Waals surface area contributed by atoms with E-state index in [1.54, 1.807) is 36.4 Å². The lowest BCUT2D eigenvalue weighted by Crippen LogP contribution is -2.35. The Bertz CT molecular complexity index is 1730. The molecule has 43 heavy (non-hydrogen) atoms. The monoisotopic (exact) mass is 591 g/mol. The molecule has 0 saturated carbocycles. The number of halogens is 1. The number of methoxy groups -OCH3 is 1. The smallest absolute Gasteiger partial charge is 0.330 e. The number of aromatic nitrogens is 5. The molecule has 1 aliphatic rings. The van der Waals surface area contributed by atoms with E-state index in [9.17, 15) is 23.6 Å². The minimum atomic E-state index is -0.539. The van der Waals surface area contributed by atoms with Crippen LogP contribution in [0.2, 0.25) is 0 Å². The highest BCUT2D eigenvalue weighted by molar-refractivity contribution is 6.05. The number of H-pyrrole nitrogens is 2. The van der Waals surface area contributed by atoms with E-state index in [1.165, 1.54) is 27.7 Å². The molecule has 0 spiro atoms. The van der Waals surface area contributed by atoms with E-state index in [0.717, 1.165) is 6.42 Å². The molecule has 0 aliphatic carbocycles. The summed E-state index contributed by atoms with van der Waals surface area (Å²) in [6, 6.07) is 8.98. The molecule has 0 unspecified atom stereocenters. The highest BCUT2D eigenvalue weighted by atomic mass is 19.1. The number of nitrogens with one attached hydrogen (secondary N) is 2. The summed E-state index contributed by atoms with van der Waals surface area (Å²) in [4.78, 5) is 67.9. The van der Waals surface area contributed by atoms with E-state index in [1.807, 2.05) is 6.92 Å². The van der Waals surface area contributed by atoms with Crippen LogP contribution in [0.3, 0.4) is 0 Å². The maximum absolute atomic E-state index is 13.9. The van der Waals surface area contributed by atoms with Gasteiger partial charge >= 0.3 is 5.69 Å². The Morgan fingerprint density at radius 1 is 1.16 bits per heavy atom. The van der Waals surface area contributed by atoms with Gasteiger partial charge in [-0.25, -0.2) is 19.2 Å². The Morgan fingerprint density at radius 2 is 2.00 bits per heavy atom. The first kappa shape index (κ1) is 29.8. The molecule has 4 heterocycles. The minimum absolute atomic E-state index is 0.110. The minimum Gasteiger partial charge on any atom is -0.376 e. The number of likely N-dealkylation sites (tertiary alicyclic amines) is 1. The number of hydrogen-bond donors (Lipinski definition) is 2. The van der Waals surface area contributed by atoms with Crippen LogP contribution in [0.5, 0.6) is 0 Å². The number of benzene rings is 1. The van der Waals surface area contributed by atoms with Crippen LogP contribution in [0.15, 0.2) is 52.2 Å². The van der Waals surface area contributed by atoms with E-state index in [-0.39, 0.29) is 35.6 Å². The van der Waals surface area contributed by atoms with Gasteiger partial charge in [0.25, 0.3) is 11.5 Å². The molecule has 1 saturated heterocycles. The summed E-state index contributed by atoms with van der Waals surface area (Å²) in [5.74, 6) is 0.0323. The van der Waals surface area contributed by atoms with Gasteiger partial charge in [-0.15, -0.1) is 0 Å². The van der Waals surface area contributed by atoms with Crippen molar-refractivity contribution in [3.8, 4) is 0 Å². The van der Waals surface area contributed by atoms with Gasteiger partial charge in [0, 0.05) is 57.9 Å². The number of hydrogen-bond acceptors (Lipinski definition) is 7. The molecule has 2 amide bonds. The third-order valence-electron chi connectivity index (χ3n) is 7.51. The predicted octanol–water partition coefficient (Wildman–Crippen LogP) is 2.95. The van der Waals surface area contributed by atoms with Crippen LogP contribution in [0, 0.1) is 5.82 Å². The summed E-state index contributed by atoms with van der Waals surface area (Å²) in [6.07, 6.45) is 3.96. The Kier molecular flexibility index (Phi) is 9.10. The second kappa shape index (κ2) is 13.1. The van der Waals surface area contributed by atoms with Crippen molar-refractivity contribution in [2.45, 2.75) is 51.7 Å². The first-order valence-corrected chi connectivity index (χ1v) is 14.3. The predicted molar refractivity (Wildman–Crippen MR) is 157 cm³/mol. The summed E-state index contributed by atoms with van der Waals surface area (Å²) in [6.45, 7) is 3.84. The van der Waals surface area contributed by atoms with Gasteiger partial charge in [-0.3, -0.25) is 28.8 Å². The zero-order valence-electron chi connectivity index (χ0n) is 24.1. The summed E-state index contributed by atoms with van der Waals surface area (Å²) in [5.41, 5.74) is 0.351. The molecule has 0 bridgehead atoms. The standard InChI is InChI=1S/C30H34FN7O5/c1-3-12-38-27-26(28(40)35-30(38)42)33-23(34-27)17-22(43-2)20-10-11-24(32-18-20)37(15-6-14-36-13-5-9-25(36)39)29(41)19-7-4-8-21(31)16-19/h4,7-8,10-11,16,18,22H,3,5-6,9,12-15,17H2,1-2H3,(H,33,34)(H,35,40,42)/t22-/m0/s1. The number of aromatic amines is 2. The molecule has 13 heteroatoms. The van der Waals surface area contributed by atoms with Gasteiger partial charge < -0.3 is 14.6 Å². The third kappa shape index (κ3) is 6.56. The molecule has 1 aromatic carbocycles. The van der Waals surface area contributed by atoms with E-state index < -0.39 is 29.1 Å². The largest absolute Gasteiger partial charge is 0.376 e. The number of ether oxygens (including phenoxy) is 1. The summed E-state index contributed by atoms with van der Waals surface area (Å²) in [7, 11) is 1.54. The van der Waals surface area contributed by atoms with Crippen LogP contribution >= 0.6 is 0 Å². The van der Waals surface area contributed by atoms with Crippen LogP contribution in [-0.4, -0.2) is 68.0 Å². The zero-order chi connectivity index (χ0) is 30.5. The van der Waals surface area contributed by atoms with E-state index in [0.29, 0.717) is 56.1 Å². The van der Waals surface area contributed by atoms with Crippen molar-refractivity contribution in [1.82, 2.24) is 29.4 Å². The van der Waals surface area contributed by atoms with Gasteiger partial charge in [-0.2, -0.15) is 0 Å². The number of fused-ring (bicyclic) bond motifs is 1. The summed E-state index contributed by atoms with van der Waals surface area (Å²) < 4.78 is 21.1. The Balaban J connectivity index is 1.37. The van der Waals surface area contributed by atoms with Crippen LogP contribution < -0.4 is 16.1 Å². The molecule has 1 fully saturated rings. The molecule has 3 aromatic heterocycles. The maximum atomic E-state index is 13.9. The Hall–Kier alpha value is -4.65. The molecule has 5 rings (SSSR count). The fraction of sp³-hybridized carbons (Fsp3) is 0.400. The molecule has 0 radical (unpaired) electrons. The lowest BCUT2D eigenvalue weighted by Gasteiger charge is -2.24. The first-order valence-electron chi connectivity index (χ1n) is 14.3. The molecular formula is C30H34FN7O5. The van der Waals surface area contributed by atoms with E-state index in [4.69, 9.17) is 4.74 Å². The van der Waals surface area contributed by atoms with Crippen molar-refractivity contribution < 1.29 is 18.7 Å². The molecule has 4 aromatic rings. The summed E-state index contributed by atoms with van der Waals surface area (Å²) in [5, 5.41) is 0.